The van der Waals surface area contributed by atoms with Crippen LogP contribution in [0.25, 0.3) is 0 Å². The molecule has 0 aliphatic carbocycles. The maximum atomic E-state index is 4.18. The van der Waals surface area contributed by atoms with Gasteiger partial charge in [0.1, 0.15) is 5.82 Å². The summed E-state index contributed by atoms with van der Waals surface area (Å²) in [5.74, 6) is 1.78. The maximum Gasteiger partial charge on any atom is 0.175 e. The molecular weight excluding hydrogens is 272 g/mol. The Hall–Kier alpha value is -0.790. The van der Waals surface area contributed by atoms with E-state index in [2.05, 4.69) is 20.5 Å². The fraction of sp³-hybridized carbons (Fsp3) is 0.300. The molecule has 0 amide bonds. The Morgan fingerprint density at radius 2 is 2.18 bits per heavy atom. The van der Waals surface area contributed by atoms with Gasteiger partial charge in [-0.05, 0) is 24.0 Å². The van der Waals surface area contributed by atoms with E-state index in [1.165, 1.54) is 5.56 Å². The summed E-state index contributed by atoms with van der Waals surface area (Å²) in [6.45, 7) is 0. The van der Waals surface area contributed by atoms with Crippen molar-refractivity contribution >= 4 is 40.7 Å². The number of hydrogen-bond donors (Lipinski definition) is 1. The maximum absolute atomic E-state index is 4.18. The molecule has 2 aromatic rings. The van der Waals surface area contributed by atoms with Gasteiger partial charge in [-0.2, -0.15) is 0 Å². The average molecular weight is 284 g/mol. The summed E-state index contributed by atoms with van der Waals surface area (Å²) in [4.78, 5) is 4.18. The van der Waals surface area contributed by atoms with Crippen LogP contribution in [-0.2, 0) is 5.75 Å². The highest BCUT2D eigenvalue weighted by Gasteiger charge is 2.04. The molecule has 17 heavy (non-hydrogen) atoms. The van der Waals surface area contributed by atoms with Crippen LogP contribution in [0.15, 0.2) is 27.0 Å². The van der Waals surface area contributed by atoms with Crippen LogP contribution in [0.4, 0.5) is 5.82 Å². The summed E-state index contributed by atoms with van der Waals surface area (Å²) in [6, 6.07) is 4.06. The first kappa shape index (κ1) is 12.7. The van der Waals surface area contributed by atoms with Crippen LogP contribution in [0.5, 0.6) is 0 Å². The quantitative estimate of drug-likeness (QED) is 0.852. The van der Waals surface area contributed by atoms with Crippen LogP contribution in [0.1, 0.15) is 5.56 Å². The van der Waals surface area contributed by atoms with E-state index in [9.17, 15) is 0 Å². The highest BCUT2D eigenvalue weighted by Crippen LogP contribution is 2.29. The summed E-state index contributed by atoms with van der Waals surface area (Å²) in [7, 11) is 1.87. The van der Waals surface area contributed by atoms with Gasteiger partial charge < -0.3 is 5.32 Å². The molecule has 0 atom stereocenters. The van der Waals surface area contributed by atoms with Crippen LogP contribution in [0, 0.1) is 0 Å². The summed E-state index contributed by atoms with van der Waals surface area (Å²) < 4.78 is 2.02. The summed E-state index contributed by atoms with van der Waals surface area (Å²) >= 11 is 4.97. The normalized spacial score (nSPS) is 10.5. The van der Waals surface area contributed by atoms with Crippen LogP contribution in [0.3, 0.4) is 0 Å². The first-order valence-electron chi connectivity index (χ1n) is 4.95. The molecule has 1 N–H and O–H groups in total. The number of nitrogens with zero attached hydrogens (tertiary/aromatic N) is 3. The number of hydrogen-bond acceptors (Lipinski definition) is 7. The molecule has 0 saturated heterocycles. The summed E-state index contributed by atoms with van der Waals surface area (Å²) in [6.07, 6.45) is 3.83. The fourth-order valence-corrected chi connectivity index (χ4v) is 3.56. The van der Waals surface area contributed by atoms with Crippen molar-refractivity contribution in [2.45, 2.75) is 14.4 Å². The van der Waals surface area contributed by atoms with Gasteiger partial charge >= 0.3 is 0 Å². The Kier molecular flexibility index (Phi) is 4.64. The van der Waals surface area contributed by atoms with E-state index < -0.39 is 0 Å². The minimum Gasteiger partial charge on any atom is -0.373 e. The third kappa shape index (κ3) is 3.58. The van der Waals surface area contributed by atoms with E-state index in [1.54, 1.807) is 34.9 Å². The number of anilines is 1. The molecular formula is C10H12N4S3. The third-order valence-electron chi connectivity index (χ3n) is 2.01. The SMILES string of the molecule is CNc1cc(CSc2nnc(SC)s2)ccn1. The lowest BCUT2D eigenvalue weighted by Gasteiger charge is -2.02. The highest BCUT2D eigenvalue weighted by atomic mass is 32.2. The summed E-state index contributed by atoms with van der Waals surface area (Å²) in [5, 5.41) is 11.2. The molecule has 2 aromatic heterocycles. The van der Waals surface area contributed by atoms with Gasteiger partial charge in [0.05, 0.1) is 0 Å². The smallest absolute Gasteiger partial charge is 0.175 e. The lowest BCUT2D eigenvalue weighted by atomic mass is 10.3. The monoisotopic (exact) mass is 284 g/mol. The molecule has 0 fully saturated rings. The first-order chi connectivity index (χ1) is 8.31. The standard InChI is InChI=1S/C10H12N4S3/c1-11-8-5-7(3-4-12-8)6-16-10-14-13-9(15-2)17-10/h3-5H,6H2,1-2H3,(H,11,12). The molecule has 0 aliphatic rings. The fourth-order valence-electron chi connectivity index (χ4n) is 1.18. The Balaban J connectivity index is 1.96. The van der Waals surface area contributed by atoms with Crippen molar-refractivity contribution in [3.05, 3.63) is 23.9 Å². The Morgan fingerprint density at radius 1 is 1.35 bits per heavy atom. The zero-order valence-electron chi connectivity index (χ0n) is 9.51. The topological polar surface area (TPSA) is 50.7 Å². The zero-order chi connectivity index (χ0) is 12.1. The van der Waals surface area contributed by atoms with E-state index in [1.807, 2.05) is 31.6 Å². The van der Waals surface area contributed by atoms with Gasteiger partial charge in [-0.1, -0.05) is 34.9 Å². The van der Waals surface area contributed by atoms with E-state index in [-0.39, 0.29) is 0 Å². The van der Waals surface area contributed by atoms with Crippen molar-refractivity contribution in [3.63, 3.8) is 0 Å². The predicted octanol–water partition coefficient (Wildman–Crippen LogP) is 2.99. The molecule has 0 saturated carbocycles. The molecule has 0 aliphatic heterocycles. The van der Waals surface area contributed by atoms with Gasteiger partial charge in [-0.15, -0.1) is 10.2 Å². The van der Waals surface area contributed by atoms with Crippen molar-refractivity contribution < 1.29 is 0 Å². The molecule has 0 unspecified atom stereocenters. The predicted molar refractivity (Wildman–Crippen MR) is 75.0 cm³/mol. The van der Waals surface area contributed by atoms with E-state index in [0.717, 1.165) is 20.3 Å². The third-order valence-corrected chi connectivity index (χ3v) is 5.11. The average Bonchev–Trinajstić information content (AvgIpc) is 2.84. The number of nitrogens with one attached hydrogen (secondary N) is 1. The number of aromatic nitrogens is 3. The molecule has 0 spiro atoms. The van der Waals surface area contributed by atoms with Gasteiger partial charge in [-0.25, -0.2) is 4.98 Å². The lowest BCUT2D eigenvalue weighted by molar-refractivity contribution is 0.955. The number of thioether (sulfide) groups is 2. The Labute approximate surface area is 113 Å². The highest BCUT2D eigenvalue weighted by molar-refractivity contribution is 8.02. The Bertz CT molecular complexity index is 486. The van der Waals surface area contributed by atoms with Crippen LogP contribution < -0.4 is 5.32 Å². The van der Waals surface area contributed by atoms with Gasteiger partial charge in [0.15, 0.2) is 8.68 Å². The second kappa shape index (κ2) is 6.23. The van der Waals surface area contributed by atoms with Crippen molar-refractivity contribution in [1.29, 1.82) is 0 Å². The second-order valence-electron chi connectivity index (χ2n) is 3.13. The van der Waals surface area contributed by atoms with Gasteiger partial charge in [0, 0.05) is 19.0 Å². The van der Waals surface area contributed by atoms with Crippen molar-refractivity contribution in [2.75, 3.05) is 18.6 Å². The van der Waals surface area contributed by atoms with Gasteiger partial charge in [0.2, 0.25) is 0 Å². The lowest BCUT2D eigenvalue weighted by Crippen LogP contribution is -1.92. The molecule has 90 valence electrons. The van der Waals surface area contributed by atoms with Crippen LogP contribution in [0.2, 0.25) is 0 Å². The van der Waals surface area contributed by atoms with E-state index in [4.69, 9.17) is 0 Å². The molecule has 7 heteroatoms. The Morgan fingerprint density at radius 3 is 2.88 bits per heavy atom. The molecule has 0 bridgehead atoms. The zero-order valence-corrected chi connectivity index (χ0v) is 12.0. The van der Waals surface area contributed by atoms with Crippen LogP contribution >= 0.6 is 34.9 Å². The molecule has 0 aromatic carbocycles. The van der Waals surface area contributed by atoms with Crippen LogP contribution in [-0.4, -0.2) is 28.5 Å². The van der Waals surface area contributed by atoms with Gasteiger partial charge in [0.25, 0.3) is 0 Å². The van der Waals surface area contributed by atoms with E-state index >= 15 is 0 Å². The number of pyridine rings is 1. The minimum atomic E-state index is 0.889. The van der Waals surface area contributed by atoms with Crippen molar-refractivity contribution in [3.8, 4) is 0 Å². The molecule has 2 heterocycles. The molecule has 2 rings (SSSR count). The largest absolute Gasteiger partial charge is 0.373 e. The van der Waals surface area contributed by atoms with E-state index in [0.29, 0.717) is 0 Å². The van der Waals surface area contributed by atoms with Crippen molar-refractivity contribution in [2.24, 2.45) is 0 Å². The first-order valence-corrected chi connectivity index (χ1v) is 7.97. The summed E-state index contributed by atoms with van der Waals surface area (Å²) in [5.41, 5.74) is 1.23. The van der Waals surface area contributed by atoms with Crippen molar-refractivity contribution in [1.82, 2.24) is 15.2 Å². The minimum absolute atomic E-state index is 0.889. The van der Waals surface area contributed by atoms with Gasteiger partial charge in [-0.3, -0.25) is 0 Å². The molecule has 4 nitrogen and oxygen atoms in total. The second-order valence-corrected chi connectivity index (χ2v) is 6.38. The number of rotatable bonds is 5. The molecule has 0 radical (unpaired) electrons.